The lowest BCUT2D eigenvalue weighted by Crippen LogP contribution is -3.03. The molecule has 37 heavy (non-hydrogen) atoms. The molecule has 0 aliphatic rings. The van der Waals surface area contributed by atoms with Crippen molar-refractivity contribution < 1.29 is 37.8 Å². The second kappa shape index (κ2) is 11.0. The van der Waals surface area contributed by atoms with Crippen molar-refractivity contribution >= 4 is 16.0 Å². The molecule has 1 unspecified atom stereocenters. The summed E-state index contributed by atoms with van der Waals surface area (Å²) >= 11 is 0. The highest BCUT2D eigenvalue weighted by Crippen LogP contribution is 2.23. The highest BCUT2D eigenvalue weighted by Gasteiger charge is 2.32. The Labute approximate surface area is 213 Å². The molecular formula is C23H28FN5O7S. The van der Waals surface area contributed by atoms with Gasteiger partial charge in [-0.1, -0.05) is 29.2 Å². The van der Waals surface area contributed by atoms with E-state index in [1.54, 1.807) is 0 Å². The fraction of sp³-hybridized carbons (Fsp3) is 0.348. The van der Waals surface area contributed by atoms with Gasteiger partial charge in [0.2, 0.25) is 10.0 Å². The molecule has 0 bridgehead atoms. The molecule has 0 saturated carbocycles. The summed E-state index contributed by atoms with van der Waals surface area (Å²) in [6, 6.07) is 9.02. The van der Waals surface area contributed by atoms with E-state index in [-0.39, 0.29) is 24.5 Å². The highest BCUT2D eigenvalue weighted by atomic mass is 32.2. The van der Waals surface area contributed by atoms with Crippen molar-refractivity contribution in [2.45, 2.75) is 45.6 Å². The fourth-order valence-electron chi connectivity index (χ4n) is 3.38. The Bertz CT molecular complexity index is 1410. The van der Waals surface area contributed by atoms with Crippen molar-refractivity contribution in [1.82, 2.24) is 14.8 Å². The summed E-state index contributed by atoms with van der Waals surface area (Å²) in [5, 5.41) is 27.2. The lowest BCUT2D eigenvalue weighted by atomic mass is 9.95. The van der Waals surface area contributed by atoms with E-state index in [1.165, 1.54) is 24.6 Å². The van der Waals surface area contributed by atoms with E-state index >= 15 is 4.39 Å². The first-order chi connectivity index (χ1) is 17.2. The molecule has 1 heterocycles. The van der Waals surface area contributed by atoms with Crippen molar-refractivity contribution in [3.63, 3.8) is 0 Å². The number of aryl methyl sites for hydroxylation is 2. The van der Waals surface area contributed by atoms with Crippen LogP contribution in [0.5, 0.6) is 0 Å². The number of hydrogen-bond acceptors (Lipinski definition) is 9. The van der Waals surface area contributed by atoms with Gasteiger partial charge in [-0.3, -0.25) is 4.79 Å². The predicted molar refractivity (Wildman–Crippen MR) is 127 cm³/mol. The normalized spacial score (nSPS) is 13.0. The fourth-order valence-corrected chi connectivity index (χ4v) is 3.91. The van der Waals surface area contributed by atoms with Crippen LogP contribution in [-0.4, -0.2) is 41.0 Å². The standard InChI is InChI=1S/C23H28FN5O7S/c1-14-5-6-15(2)16(9-14)10-21-26-20(12-35-22(30)23(3,4)13-36-29(31)32)27-28(21)19-8-7-17(11-18(19)24)37(25,33)34/h5-9,11,29,31H,10,12-13H2,1-4H3,(H2,25,33,34). The van der Waals surface area contributed by atoms with Crippen molar-refractivity contribution in [3.05, 3.63) is 75.8 Å². The third-order valence-electron chi connectivity index (χ3n) is 5.49. The predicted octanol–water partition coefficient (Wildman–Crippen LogP) is 1.03. The lowest BCUT2D eigenvalue weighted by molar-refractivity contribution is -1.21. The van der Waals surface area contributed by atoms with Gasteiger partial charge in [0, 0.05) is 6.42 Å². The van der Waals surface area contributed by atoms with Gasteiger partial charge in [-0.15, -0.1) is 5.10 Å². The number of carbonyl (C=O) groups is 1. The minimum atomic E-state index is -4.12. The molecule has 1 aromatic heterocycles. The third kappa shape index (κ3) is 7.15. The SMILES string of the molecule is Cc1ccc(C)c(Cc2nc(COC(=O)C(C)(C)CO[NH+]([O-])O)nn2-c2ccc(S(N)(=O)=O)cc2F)c1. The first-order valence-electron chi connectivity index (χ1n) is 11.0. The van der Waals surface area contributed by atoms with Gasteiger partial charge >= 0.3 is 5.97 Å². The number of carbonyl (C=O) groups excluding carboxylic acids is 1. The second-order valence-electron chi connectivity index (χ2n) is 9.14. The first kappa shape index (κ1) is 28.3. The van der Waals surface area contributed by atoms with Gasteiger partial charge in [-0.2, -0.15) is 10.0 Å². The summed E-state index contributed by atoms with van der Waals surface area (Å²) in [4.78, 5) is 21.0. The number of nitrogens with one attached hydrogen (secondary N) is 1. The van der Waals surface area contributed by atoms with E-state index in [2.05, 4.69) is 14.9 Å². The van der Waals surface area contributed by atoms with Crippen LogP contribution in [0.15, 0.2) is 41.3 Å². The number of quaternary nitrogens is 1. The zero-order valence-electron chi connectivity index (χ0n) is 20.7. The van der Waals surface area contributed by atoms with Crippen molar-refractivity contribution in [2.24, 2.45) is 10.6 Å². The number of ether oxygens (including phenoxy) is 1. The maximum absolute atomic E-state index is 15.0. The summed E-state index contributed by atoms with van der Waals surface area (Å²) in [7, 11) is -4.12. The Morgan fingerprint density at radius 1 is 1.24 bits per heavy atom. The van der Waals surface area contributed by atoms with Crippen molar-refractivity contribution in [2.75, 3.05) is 6.61 Å². The average Bonchev–Trinajstić information content (AvgIpc) is 3.20. The molecule has 4 N–H and O–H groups in total. The number of sulfonamides is 1. The largest absolute Gasteiger partial charge is 0.566 e. The van der Waals surface area contributed by atoms with Gasteiger partial charge in [0.25, 0.3) is 0 Å². The third-order valence-corrected chi connectivity index (χ3v) is 6.40. The quantitative estimate of drug-likeness (QED) is 0.252. The van der Waals surface area contributed by atoms with Gasteiger partial charge in [0.15, 0.2) is 12.4 Å². The topological polar surface area (TPSA) is 174 Å². The zero-order valence-corrected chi connectivity index (χ0v) is 21.5. The molecule has 0 aliphatic heterocycles. The molecule has 0 aliphatic carbocycles. The Kier molecular flexibility index (Phi) is 8.42. The van der Waals surface area contributed by atoms with Gasteiger partial charge in [-0.05, 0) is 57.0 Å². The summed E-state index contributed by atoms with van der Waals surface area (Å²) in [5.41, 5.74) is 1.55. The molecule has 200 valence electrons. The second-order valence-corrected chi connectivity index (χ2v) is 10.7. The van der Waals surface area contributed by atoms with Gasteiger partial charge in [-0.25, -0.2) is 27.6 Å². The molecular weight excluding hydrogens is 509 g/mol. The maximum Gasteiger partial charge on any atom is 0.314 e. The monoisotopic (exact) mass is 537 g/mol. The maximum atomic E-state index is 15.0. The molecule has 12 nitrogen and oxygen atoms in total. The highest BCUT2D eigenvalue weighted by molar-refractivity contribution is 7.89. The first-order valence-corrected chi connectivity index (χ1v) is 12.6. The van der Waals surface area contributed by atoms with E-state index in [9.17, 15) is 18.4 Å². The minimum absolute atomic E-state index is 0.0542. The zero-order chi connectivity index (χ0) is 27.5. The number of primary sulfonamides is 1. The van der Waals surface area contributed by atoms with Gasteiger partial charge < -0.3 is 9.94 Å². The molecule has 1 atom stereocenters. The number of aromatic nitrogens is 3. The number of rotatable bonds is 10. The van der Waals surface area contributed by atoms with E-state index in [0.29, 0.717) is 5.82 Å². The van der Waals surface area contributed by atoms with E-state index < -0.39 is 44.1 Å². The smallest absolute Gasteiger partial charge is 0.314 e. The van der Waals surface area contributed by atoms with Crippen LogP contribution in [0.3, 0.4) is 0 Å². The Hall–Kier alpha value is -3.27. The van der Waals surface area contributed by atoms with Crippen molar-refractivity contribution in [3.8, 4) is 5.69 Å². The minimum Gasteiger partial charge on any atom is -0.566 e. The van der Waals surface area contributed by atoms with E-state index in [4.69, 9.17) is 15.1 Å². The summed E-state index contributed by atoms with van der Waals surface area (Å²) in [6.45, 7) is 5.97. The molecule has 2 aromatic carbocycles. The lowest BCUT2D eigenvalue weighted by Gasteiger charge is -2.22. The molecule has 0 amide bonds. The Balaban J connectivity index is 1.95. The number of nitrogens with two attached hydrogens (primary N) is 1. The number of esters is 1. The Morgan fingerprint density at radius 3 is 2.57 bits per heavy atom. The van der Waals surface area contributed by atoms with Crippen LogP contribution in [0, 0.1) is 30.3 Å². The molecule has 3 rings (SSSR count). The summed E-state index contributed by atoms with van der Waals surface area (Å²) < 4.78 is 44.7. The molecule has 14 heteroatoms. The van der Waals surface area contributed by atoms with Crippen LogP contribution >= 0.6 is 0 Å². The molecule has 0 spiro atoms. The average molecular weight is 538 g/mol. The Morgan fingerprint density at radius 2 is 1.95 bits per heavy atom. The number of hydrogen-bond donors (Lipinski definition) is 3. The van der Waals surface area contributed by atoms with E-state index in [0.717, 1.165) is 28.8 Å². The molecule has 0 radical (unpaired) electrons. The van der Waals surface area contributed by atoms with Crippen LogP contribution in [0.25, 0.3) is 5.69 Å². The number of benzene rings is 2. The van der Waals surface area contributed by atoms with Crippen LogP contribution in [0.2, 0.25) is 0 Å². The van der Waals surface area contributed by atoms with Gasteiger partial charge in [0.05, 0.1) is 10.3 Å². The van der Waals surface area contributed by atoms with Gasteiger partial charge in [0.1, 0.15) is 23.9 Å². The molecule has 0 fully saturated rings. The van der Waals surface area contributed by atoms with Crippen LogP contribution < -0.4 is 10.5 Å². The van der Waals surface area contributed by atoms with E-state index in [1.807, 2.05) is 32.0 Å². The van der Waals surface area contributed by atoms with Crippen LogP contribution in [-0.2, 0) is 37.4 Å². The molecule has 0 saturated heterocycles. The van der Waals surface area contributed by atoms with Crippen LogP contribution in [0.1, 0.15) is 42.2 Å². The molecule has 3 aromatic rings. The summed E-state index contributed by atoms with van der Waals surface area (Å²) in [6.07, 6.45) is 0.253. The number of nitrogens with zero attached hydrogens (tertiary/aromatic N) is 3. The summed E-state index contributed by atoms with van der Waals surface area (Å²) in [5.74, 6) is -1.27. The number of halogens is 1. The van der Waals surface area contributed by atoms with Crippen LogP contribution in [0.4, 0.5) is 4.39 Å². The van der Waals surface area contributed by atoms with Crippen molar-refractivity contribution in [1.29, 1.82) is 0 Å².